The van der Waals surface area contributed by atoms with Crippen molar-refractivity contribution in [2.45, 2.75) is 13.5 Å². The average molecular weight is 327 g/mol. The molecule has 1 heterocycles. The number of carbonyl (C=O) groups excluding carboxylic acids is 2. The number of rotatable bonds is 6. The van der Waals surface area contributed by atoms with E-state index in [9.17, 15) is 9.59 Å². The molecule has 1 N–H and O–H groups in total. The van der Waals surface area contributed by atoms with Crippen LogP contribution in [0.2, 0.25) is 0 Å². The van der Waals surface area contributed by atoms with E-state index < -0.39 is 5.92 Å². The lowest BCUT2D eigenvalue weighted by molar-refractivity contribution is -0.145. The molecule has 24 heavy (non-hydrogen) atoms. The number of methoxy groups -OCH3 is 1. The van der Waals surface area contributed by atoms with Crippen LogP contribution in [0.5, 0.6) is 0 Å². The second kappa shape index (κ2) is 8.67. The summed E-state index contributed by atoms with van der Waals surface area (Å²) in [4.78, 5) is 29.9. The number of urea groups is 1. The van der Waals surface area contributed by atoms with Crippen molar-refractivity contribution >= 4 is 17.7 Å². The summed E-state index contributed by atoms with van der Waals surface area (Å²) in [5.41, 5.74) is 1.59. The monoisotopic (exact) mass is 327 g/mol. The van der Waals surface area contributed by atoms with Gasteiger partial charge in [0.25, 0.3) is 0 Å². The number of anilines is 1. The quantitative estimate of drug-likeness (QED) is 0.828. The van der Waals surface area contributed by atoms with Gasteiger partial charge in [0.15, 0.2) is 0 Å². The highest BCUT2D eigenvalue weighted by atomic mass is 16.5. The number of hydrogen-bond acceptors (Lipinski definition) is 4. The van der Waals surface area contributed by atoms with Gasteiger partial charge in [0.2, 0.25) is 0 Å². The van der Waals surface area contributed by atoms with Gasteiger partial charge in [0.05, 0.1) is 13.0 Å². The van der Waals surface area contributed by atoms with Crippen molar-refractivity contribution in [3.05, 3.63) is 60.4 Å². The van der Waals surface area contributed by atoms with Crippen LogP contribution in [0, 0.1) is 5.92 Å². The van der Waals surface area contributed by atoms with Crippen LogP contribution in [0.3, 0.4) is 0 Å². The largest absolute Gasteiger partial charge is 0.469 e. The smallest absolute Gasteiger partial charge is 0.322 e. The lowest BCUT2D eigenvalue weighted by atomic mass is 10.1. The van der Waals surface area contributed by atoms with E-state index in [0.717, 1.165) is 5.56 Å². The molecular formula is C18H21N3O3. The highest BCUT2D eigenvalue weighted by molar-refractivity contribution is 5.89. The predicted molar refractivity (Wildman–Crippen MR) is 91.3 cm³/mol. The van der Waals surface area contributed by atoms with Crippen molar-refractivity contribution in [2.75, 3.05) is 19.0 Å². The van der Waals surface area contributed by atoms with E-state index in [2.05, 4.69) is 10.3 Å². The van der Waals surface area contributed by atoms with Crippen molar-refractivity contribution in [3.63, 3.8) is 0 Å². The Balaban J connectivity index is 2.11. The van der Waals surface area contributed by atoms with Crippen molar-refractivity contribution < 1.29 is 14.3 Å². The first-order valence-corrected chi connectivity index (χ1v) is 7.68. The molecule has 2 aromatic rings. The molecule has 0 fully saturated rings. The summed E-state index contributed by atoms with van der Waals surface area (Å²) in [5.74, 6) is -0.771. The third-order valence-electron chi connectivity index (χ3n) is 3.51. The van der Waals surface area contributed by atoms with Gasteiger partial charge in [-0.15, -0.1) is 0 Å². The number of esters is 1. The number of para-hydroxylation sites is 1. The number of nitrogens with one attached hydrogen (secondary N) is 1. The lowest BCUT2D eigenvalue weighted by Gasteiger charge is -2.25. The fourth-order valence-corrected chi connectivity index (χ4v) is 2.26. The maximum Gasteiger partial charge on any atom is 0.322 e. The number of carbonyl (C=O) groups is 2. The molecule has 0 aliphatic carbocycles. The maximum absolute atomic E-state index is 12.6. The topological polar surface area (TPSA) is 71.5 Å². The average Bonchev–Trinajstić information content (AvgIpc) is 2.62. The van der Waals surface area contributed by atoms with Crippen LogP contribution in [-0.4, -0.2) is 35.5 Å². The summed E-state index contributed by atoms with van der Waals surface area (Å²) < 4.78 is 4.75. The van der Waals surface area contributed by atoms with Gasteiger partial charge >= 0.3 is 12.0 Å². The second-order valence-electron chi connectivity index (χ2n) is 5.46. The van der Waals surface area contributed by atoms with Crippen LogP contribution in [0.15, 0.2) is 54.9 Å². The van der Waals surface area contributed by atoms with Crippen molar-refractivity contribution in [1.29, 1.82) is 0 Å². The Bertz CT molecular complexity index is 662. The molecule has 0 saturated carbocycles. The Morgan fingerprint density at radius 1 is 1.21 bits per heavy atom. The van der Waals surface area contributed by atoms with E-state index in [0.29, 0.717) is 12.2 Å². The van der Waals surface area contributed by atoms with Gasteiger partial charge in [-0.1, -0.05) is 31.2 Å². The van der Waals surface area contributed by atoms with Gasteiger partial charge in [-0.25, -0.2) is 4.79 Å². The standard InChI is InChI=1S/C18H21N3O3/c1-14(17(22)24-2)12-21(13-15-7-6-10-19-11-15)18(23)20-16-8-4-3-5-9-16/h3-11,14H,12-13H2,1-2H3,(H,20,23). The van der Waals surface area contributed by atoms with E-state index in [4.69, 9.17) is 4.74 Å². The molecule has 0 aliphatic heterocycles. The SMILES string of the molecule is COC(=O)C(C)CN(Cc1cccnc1)C(=O)Nc1ccccc1. The number of pyridine rings is 1. The van der Waals surface area contributed by atoms with Crippen LogP contribution in [-0.2, 0) is 16.1 Å². The molecule has 6 heteroatoms. The first-order chi connectivity index (χ1) is 11.6. The summed E-state index contributed by atoms with van der Waals surface area (Å²) in [5, 5.41) is 2.84. The van der Waals surface area contributed by atoms with Gasteiger partial charge < -0.3 is 15.0 Å². The number of hydrogen-bond donors (Lipinski definition) is 1. The van der Waals surface area contributed by atoms with Crippen LogP contribution in [0.25, 0.3) is 0 Å². The van der Waals surface area contributed by atoms with Gasteiger partial charge in [0.1, 0.15) is 0 Å². The van der Waals surface area contributed by atoms with Gasteiger partial charge in [0, 0.05) is 31.2 Å². The Morgan fingerprint density at radius 2 is 1.96 bits per heavy atom. The molecule has 0 spiro atoms. The molecule has 2 amide bonds. The molecule has 126 valence electrons. The molecule has 2 rings (SSSR count). The Kier molecular flexibility index (Phi) is 6.31. The highest BCUT2D eigenvalue weighted by Crippen LogP contribution is 2.12. The fraction of sp³-hybridized carbons (Fsp3) is 0.278. The summed E-state index contributed by atoms with van der Waals surface area (Å²) in [6.07, 6.45) is 3.38. The van der Waals surface area contributed by atoms with Crippen molar-refractivity contribution in [2.24, 2.45) is 5.92 Å². The number of amides is 2. The van der Waals surface area contributed by atoms with E-state index in [-0.39, 0.29) is 18.5 Å². The minimum Gasteiger partial charge on any atom is -0.469 e. The van der Waals surface area contributed by atoms with Gasteiger partial charge in [-0.2, -0.15) is 0 Å². The van der Waals surface area contributed by atoms with Crippen LogP contribution >= 0.6 is 0 Å². The summed E-state index contributed by atoms with van der Waals surface area (Å²) >= 11 is 0. The highest BCUT2D eigenvalue weighted by Gasteiger charge is 2.22. The maximum atomic E-state index is 12.6. The molecule has 1 aromatic carbocycles. The third-order valence-corrected chi connectivity index (χ3v) is 3.51. The molecule has 1 aromatic heterocycles. The Labute approximate surface area is 141 Å². The van der Waals surface area contributed by atoms with Crippen molar-refractivity contribution in [3.8, 4) is 0 Å². The number of nitrogens with zero attached hydrogens (tertiary/aromatic N) is 2. The molecule has 1 unspecified atom stereocenters. The summed E-state index contributed by atoms with van der Waals surface area (Å²) in [6, 6.07) is 12.6. The van der Waals surface area contributed by atoms with Crippen LogP contribution in [0.1, 0.15) is 12.5 Å². The van der Waals surface area contributed by atoms with Gasteiger partial charge in [-0.3, -0.25) is 9.78 Å². The molecule has 0 saturated heterocycles. The normalized spacial score (nSPS) is 11.4. The Morgan fingerprint density at radius 3 is 2.58 bits per heavy atom. The molecule has 0 bridgehead atoms. The number of aromatic nitrogens is 1. The second-order valence-corrected chi connectivity index (χ2v) is 5.46. The third kappa shape index (κ3) is 5.08. The van der Waals surface area contributed by atoms with E-state index in [1.54, 1.807) is 24.2 Å². The number of benzene rings is 1. The molecule has 1 atom stereocenters. The van der Waals surface area contributed by atoms with Crippen LogP contribution in [0.4, 0.5) is 10.5 Å². The molecular weight excluding hydrogens is 306 g/mol. The molecule has 0 aliphatic rings. The number of ether oxygens (including phenoxy) is 1. The van der Waals surface area contributed by atoms with Crippen molar-refractivity contribution in [1.82, 2.24) is 9.88 Å². The first-order valence-electron chi connectivity index (χ1n) is 7.68. The fourth-order valence-electron chi connectivity index (χ4n) is 2.26. The van der Waals surface area contributed by atoms with Crippen LogP contribution < -0.4 is 5.32 Å². The zero-order valence-corrected chi connectivity index (χ0v) is 13.8. The summed E-state index contributed by atoms with van der Waals surface area (Å²) in [7, 11) is 1.34. The van der Waals surface area contributed by atoms with E-state index in [1.165, 1.54) is 7.11 Å². The summed E-state index contributed by atoms with van der Waals surface area (Å²) in [6.45, 7) is 2.34. The zero-order valence-electron chi connectivity index (χ0n) is 13.8. The predicted octanol–water partition coefficient (Wildman–Crippen LogP) is 2.92. The Hall–Kier alpha value is -2.89. The lowest BCUT2D eigenvalue weighted by Crippen LogP contribution is -2.39. The molecule has 6 nitrogen and oxygen atoms in total. The minimum absolute atomic E-state index is 0.250. The molecule has 0 radical (unpaired) electrons. The van der Waals surface area contributed by atoms with E-state index in [1.807, 2.05) is 42.5 Å². The zero-order chi connectivity index (χ0) is 17.4. The van der Waals surface area contributed by atoms with Gasteiger partial charge in [-0.05, 0) is 23.8 Å². The minimum atomic E-state index is -0.423. The first kappa shape index (κ1) is 17.5. The van der Waals surface area contributed by atoms with E-state index >= 15 is 0 Å².